The molecule has 4 nitrogen and oxygen atoms in total. The van der Waals surface area contributed by atoms with Crippen molar-refractivity contribution in [2.24, 2.45) is 5.92 Å². The fraction of sp³-hybridized carbons (Fsp3) is 0.682. The third kappa shape index (κ3) is 6.52. The third-order valence-corrected chi connectivity index (χ3v) is 10.5. The molecule has 2 rings (SSSR count). The third-order valence-electron chi connectivity index (χ3n) is 6.03. The molecular formula is C22H38N2O2Si. The van der Waals surface area contributed by atoms with Crippen LogP contribution in [0.5, 0.6) is 0 Å². The van der Waals surface area contributed by atoms with E-state index >= 15 is 0 Å². The first-order valence-corrected chi connectivity index (χ1v) is 13.1. The number of nitrogens with one attached hydrogen (secondary N) is 2. The Hall–Kier alpha value is -1.01. The van der Waals surface area contributed by atoms with Gasteiger partial charge in [0.15, 0.2) is 14.1 Å². The summed E-state index contributed by atoms with van der Waals surface area (Å²) in [6.07, 6.45) is 0.493. The lowest BCUT2D eigenvalue weighted by molar-refractivity contribution is -0.121. The van der Waals surface area contributed by atoms with Gasteiger partial charge in [-0.2, -0.15) is 0 Å². The van der Waals surface area contributed by atoms with Crippen LogP contribution in [0.1, 0.15) is 40.2 Å². The van der Waals surface area contributed by atoms with Gasteiger partial charge < -0.3 is 15.1 Å². The maximum absolute atomic E-state index is 12.7. The van der Waals surface area contributed by atoms with Crippen LogP contribution >= 0.6 is 0 Å². The average Bonchev–Trinajstić information content (AvgIpc) is 3.31. The minimum Gasteiger partial charge on any atom is -0.415 e. The molecule has 0 aromatic heterocycles. The van der Waals surface area contributed by atoms with Gasteiger partial charge in [0.25, 0.3) is 0 Å². The van der Waals surface area contributed by atoms with Crippen molar-refractivity contribution in [1.82, 2.24) is 10.6 Å². The van der Waals surface area contributed by atoms with Crippen LogP contribution in [0, 0.1) is 5.92 Å². The molecule has 0 aliphatic carbocycles. The van der Waals surface area contributed by atoms with Gasteiger partial charge in [0.2, 0.25) is 0 Å². The van der Waals surface area contributed by atoms with Crippen molar-refractivity contribution in [1.29, 1.82) is 0 Å². The van der Waals surface area contributed by atoms with Crippen LogP contribution in [-0.4, -0.2) is 45.4 Å². The Balaban J connectivity index is 1.78. The highest BCUT2D eigenvalue weighted by molar-refractivity contribution is 6.74. The van der Waals surface area contributed by atoms with Crippen LogP contribution in [0.4, 0.5) is 0 Å². The van der Waals surface area contributed by atoms with Gasteiger partial charge in [-0.05, 0) is 29.6 Å². The molecule has 0 spiro atoms. The molecule has 1 fully saturated rings. The highest BCUT2D eigenvalue weighted by atomic mass is 28.4. The second-order valence-corrected chi connectivity index (χ2v) is 14.5. The van der Waals surface area contributed by atoms with Crippen LogP contribution in [0.2, 0.25) is 18.1 Å². The second kappa shape index (κ2) is 8.99. The molecule has 5 heteroatoms. The molecule has 152 valence electrons. The van der Waals surface area contributed by atoms with E-state index < -0.39 is 8.32 Å². The summed E-state index contributed by atoms with van der Waals surface area (Å²) < 4.78 is 6.31. The quantitative estimate of drug-likeness (QED) is 0.471. The summed E-state index contributed by atoms with van der Waals surface area (Å²) >= 11 is 0. The maximum atomic E-state index is 12.7. The lowest BCUT2D eigenvalue weighted by Crippen LogP contribution is -2.44. The Labute approximate surface area is 166 Å². The summed E-state index contributed by atoms with van der Waals surface area (Å²) in [5.74, 6) is 0.549. The van der Waals surface area contributed by atoms with Crippen molar-refractivity contribution in [2.75, 3.05) is 13.2 Å². The van der Waals surface area contributed by atoms with E-state index in [1.165, 1.54) is 0 Å². The Morgan fingerprint density at radius 2 is 1.81 bits per heavy atom. The zero-order chi connectivity index (χ0) is 20.2. The summed E-state index contributed by atoms with van der Waals surface area (Å²) in [5, 5.41) is 7.24. The van der Waals surface area contributed by atoms with E-state index in [4.69, 9.17) is 4.43 Å². The lowest BCUT2D eigenvalue weighted by Gasteiger charge is -2.36. The van der Waals surface area contributed by atoms with Crippen LogP contribution in [0.3, 0.4) is 0 Å². The summed E-state index contributed by atoms with van der Waals surface area (Å²) in [6, 6.07) is 10.7. The largest absolute Gasteiger partial charge is 0.415 e. The van der Waals surface area contributed by atoms with Crippen molar-refractivity contribution in [3.63, 3.8) is 0 Å². The highest BCUT2D eigenvalue weighted by Gasteiger charge is 2.42. The Morgan fingerprint density at radius 1 is 1.19 bits per heavy atom. The van der Waals surface area contributed by atoms with Gasteiger partial charge in [0, 0.05) is 25.0 Å². The molecule has 3 atom stereocenters. The van der Waals surface area contributed by atoms with Gasteiger partial charge in [0.05, 0.1) is 12.6 Å². The van der Waals surface area contributed by atoms with E-state index in [0.29, 0.717) is 18.5 Å². The highest BCUT2D eigenvalue weighted by Crippen LogP contribution is 2.37. The molecule has 1 aromatic rings. The van der Waals surface area contributed by atoms with Crippen LogP contribution < -0.4 is 10.6 Å². The van der Waals surface area contributed by atoms with Crippen LogP contribution in [0.15, 0.2) is 30.3 Å². The molecule has 0 radical (unpaired) electrons. The molecule has 0 amide bonds. The lowest BCUT2D eigenvalue weighted by atomic mass is 9.95. The second-order valence-electron chi connectivity index (χ2n) is 9.71. The summed E-state index contributed by atoms with van der Waals surface area (Å²) in [4.78, 5) is 12.7. The topological polar surface area (TPSA) is 60.3 Å². The van der Waals surface area contributed by atoms with Crippen molar-refractivity contribution < 1.29 is 9.22 Å². The van der Waals surface area contributed by atoms with Crippen molar-refractivity contribution in [3.05, 3.63) is 35.9 Å². The van der Waals surface area contributed by atoms with Gasteiger partial charge >= 0.3 is 0 Å². The molecule has 2 N–H and O–H groups in total. The van der Waals surface area contributed by atoms with E-state index in [-0.39, 0.29) is 22.8 Å². The van der Waals surface area contributed by atoms with Gasteiger partial charge in [-0.3, -0.25) is 4.79 Å². The van der Waals surface area contributed by atoms with E-state index in [1.54, 1.807) is 0 Å². The summed E-state index contributed by atoms with van der Waals surface area (Å²) in [5.41, 5.74) is 1.08. The molecule has 1 aliphatic heterocycles. The fourth-order valence-electron chi connectivity index (χ4n) is 2.98. The molecule has 0 unspecified atom stereocenters. The zero-order valence-electron chi connectivity index (χ0n) is 18.1. The molecule has 0 saturated carbocycles. The number of benzene rings is 1. The van der Waals surface area contributed by atoms with Crippen molar-refractivity contribution in [2.45, 2.75) is 77.3 Å². The van der Waals surface area contributed by atoms with Gasteiger partial charge in [-0.25, -0.2) is 0 Å². The van der Waals surface area contributed by atoms with E-state index in [2.05, 4.69) is 58.3 Å². The number of rotatable bonds is 10. The number of hydrogen-bond donors (Lipinski definition) is 2. The molecule has 0 bridgehead atoms. The normalized spacial score (nSPS) is 21.3. The minimum atomic E-state index is -1.70. The molecule has 1 aromatic carbocycles. The van der Waals surface area contributed by atoms with E-state index in [9.17, 15) is 4.79 Å². The standard InChI is InChI=1S/C22H38N2O2Si/c1-16(2)21(20(25)13-17-11-9-8-10-12-17)23-14-18-19(24-18)15-26-27(6,7)22(3,4)5/h8-12,16,18-19,21,23-24H,13-15H2,1-7H3/t18-,19-,21-/m1/s1. The smallest absolute Gasteiger partial charge is 0.192 e. The maximum Gasteiger partial charge on any atom is 0.192 e. The zero-order valence-corrected chi connectivity index (χ0v) is 19.1. The first kappa shape index (κ1) is 22.3. The fourth-order valence-corrected chi connectivity index (χ4v) is 4.01. The SMILES string of the molecule is CC(C)[C@@H](NC[C@H]1N[C@@H]1CO[Si](C)(C)C(C)(C)C)C(=O)Cc1ccccc1. The first-order chi connectivity index (χ1) is 12.5. The van der Waals surface area contributed by atoms with Crippen LogP contribution in [-0.2, 0) is 15.6 Å². The van der Waals surface area contributed by atoms with E-state index in [0.717, 1.165) is 18.7 Å². The molecular weight excluding hydrogens is 352 g/mol. The van der Waals surface area contributed by atoms with Gasteiger partial charge in [-0.1, -0.05) is 65.0 Å². The summed E-state index contributed by atoms with van der Waals surface area (Å²) in [7, 11) is -1.70. The predicted molar refractivity (Wildman–Crippen MR) is 116 cm³/mol. The van der Waals surface area contributed by atoms with Gasteiger partial charge in [0.1, 0.15) is 0 Å². The molecule has 1 heterocycles. The number of hydrogen-bond acceptors (Lipinski definition) is 4. The minimum absolute atomic E-state index is 0.102. The molecule has 1 saturated heterocycles. The van der Waals surface area contributed by atoms with Crippen molar-refractivity contribution in [3.8, 4) is 0 Å². The van der Waals surface area contributed by atoms with Crippen molar-refractivity contribution >= 4 is 14.1 Å². The predicted octanol–water partition coefficient (Wildman–Crippen LogP) is 3.77. The number of ketones is 1. The van der Waals surface area contributed by atoms with Gasteiger partial charge in [-0.15, -0.1) is 0 Å². The Morgan fingerprint density at radius 3 is 2.37 bits per heavy atom. The number of Topliss-reactive ketones (excluding diaryl/α,β-unsaturated/α-hetero) is 1. The Bertz CT molecular complexity index is 610. The Kier molecular flexibility index (Phi) is 7.42. The number of carbonyl (C=O) groups is 1. The van der Waals surface area contributed by atoms with E-state index in [1.807, 2.05) is 30.3 Å². The molecule has 27 heavy (non-hydrogen) atoms. The average molecular weight is 391 g/mol. The monoisotopic (exact) mass is 390 g/mol. The first-order valence-electron chi connectivity index (χ1n) is 10.2. The number of carbonyl (C=O) groups excluding carboxylic acids is 1. The molecule has 1 aliphatic rings. The van der Waals surface area contributed by atoms with Crippen LogP contribution in [0.25, 0.3) is 0 Å². The summed E-state index contributed by atoms with van der Waals surface area (Å²) in [6.45, 7) is 17.2.